The van der Waals surface area contributed by atoms with Gasteiger partial charge in [-0.1, -0.05) is 6.92 Å². The molecule has 2 amide bonds. The van der Waals surface area contributed by atoms with Crippen LogP contribution in [0.15, 0.2) is 24.3 Å². The van der Waals surface area contributed by atoms with Crippen LogP contribution in [0.3, 0.4) is 0 Å². The lowest BCUT2D eigenvalue weighted by molar-refractivity contribution is -0.131. The molecule has 1 N–H and O–H groups in total. The van der Waals surface area contributed by atoms with Crippen molar-refractivity contribution in [1.82, 2.24) is 10.2 Å². The van der Waals surface area contributed by atoms with Gasteiger partial charge in [0.05, 0.1) is 11.6 Å². The second-order valence-electron chi connectivity index (χ2n) is 9.43. The minimum atomic E-state index is -1.13. The van der Waals surface area contributed by atoms with Crippen molar-refractivity contribution >= 4 is 40.6 Å². The summed E-state index contributed by atoms with van der Waals surface area (Å²) in [7, 11) is 0. The molecule has 3 atom stereocenters. The van der Waals surface area contributed by atoms with Crippen LogP contribution in [0.2, 0.25) is 0 Å². The first-order valence-electron chi connectivity index (χ1n) is 10.0. The highest BCUT2D eigenvalue weighted by atomic mass is 127. The fourth-order valence-corrected chi connectivity index (χ4v) is 3.51. The largest absolute Gasteiger partial charge is 0.446 e. The minimum absolute atomic E-state index is 0.236. The maximum Gasteiger partial charge on any atom is 0.411 e. The Hall–Kier alpha value is -1.84. The molecule has 1 aromatic carbocycles. The van der Waals surface area contributed by atoms with Gasteiger partial charge in [-0.05, 0) is 94.8 Å². The summed E-state index contributed by atoms with van der Waals surface area (Å²) in [4.78, 5) is 39.9. The van der Waals surface area contributed by atoms with Gasteiger partial charge >= 0.3 is 12.1 Å². The first kappa shape index (κ1) is 24.4. The summed E-state index contributed by atoms with van der Waals surface area (Å²) >= 11 is 2.14. The van der Waals surface area contributed by atoms with Crippen LogP contribution in [0, 0.1) is 3.57 Å². The zero-order valence-corrected chi connectivity index (χ0v) is 20.8. The van der Waals surface area contributed by atoms with Gasteiger partial charge in [0.2, 0.25) is 6.10 Å². The van der Waals surface area contributed by atoms with Crippen molar-refractivity contribution in [2.75, 3.05) is 0 Å². The van der Waals surface area contributed by atoms with Crippen LogP contribution in [0.4, 0.5) is 4.79 Å². The quantitative estimate of drug-likeness (QED) is 0.352. The van der Waals surface area contributed by atoms with E-state index in [2.05, 4.69) is 27.9 Å². The third-order valence-electron chi connectivity index (χ3n) is 4.39. The number of nitrogens with zero attached hydrogens (tertiary/aromatic N) is 1. The lowest BCUT2D eigenvalue weighted by Gasteiger charge is -2.25. The number of carbonyl (C=O) groups excluding carboxylic acids is 3. The molecule has 0 aromatic heterocycles. The van der Waals surface area contributed by atoms with E-state index >= 15 is 0 Å². The molecular weight excluding hydrogens is 499 g/mol. The van der Waals surface area contributed by atoms with Gasteiger partial charge in [0.15, 0.2) is 0 Å². The van der Waals surface area contributed by atoms with E-state index in [1.807, 2.05) is 27.7 Å². The zero-order valence-electron chi connectivity index (χ0n) is 18.6. The highest BCUT2D eigenvalue weighted by Gasteiger charge is 2.59. The van der Waals surface area contributed by atoms with Crippen molar-refractivity contribution in [1.29, 1.82) is 0 Å². The van der Waals surface area contributed by atoms with Crippen LogP contribution in [0.1, 0.15) is 65.2 Å². The molecule has 166 valence electrons. The van der Waals surface area contributed by atoms with Gasteiger partial charge in [0.1, 0.15) is 11.6 Å². The summed E-state index contributed by atoms with van der Waals surface area (Å²) < 4.78 is 12.1. The Morgan fingerprint density at radius 3 is 2.13 bits per heavy atom. The molecule has 1 saturated heterocycles. The lowest BCUT2D eigenvalue weighted by atomic mass is 10.1. The Labute approximate surface area is 192 Å². The van der Waals surface area contributed by atoms with E-state index in [4.69, 9.17) is 9.47 Å². The lowest BCUT2D eigenvalue weighted by Crippen LogP contribution is -2.50. The number of hydrogen-bond donors (Lipinski definition) is 1. The van der Waals surface area contributed by atoms with Gasteiger partial charge in [0, 0.05) is 9.11 Å². The standard InChI is InChI=1S/C22H31IN2O5/c1-8-15-16(25(15)20(28)30-22(5,6)7)17(18(26)24-21(2,3)4)29-19(27)13-9-11-14(23)12-10-13/h9-12,15-17H,8H2,1-7H3,(H,24,26)/t15-,16+,17+,25?/m1/s1. The molecular formula is C22H31IN2O5. The average Bonchev–Trinajstić information content (AvgIpc) is 3.31. The van der Waals surface area contributed by atoms with E-state index in [0.29, 0.717) is 12.0 Å². The zero-order chi connectivity index (χ0) is 22.9. The molecule has 0 unspecified atom stereocenters. The number of carbonyl (C=O) groups is 3. The summed E-state index contributed by atoms with van der Waals surface area (Å²) in [6, 6.07) is 6.08. The molecule has 0 spiro atoms. The Morgan fingerprint density at radius 1 is 1.10 bits per heavy atom. The Bertz CT molecular complexity index is 795. The SMILES string of the molecule is CC[C@@H]1[C@@H]([C@H](OC(=O)c2ccc(I)cc2)C(=O)NC(C)(C)C)N1C(=O)OC(C)(C)C. The van der Waals surface area contributed by atoms with Crippen molar-refractivity contribution in [3.8, 4) is 0 Å². The third-order valence-corrected chi connectivity index (χ3v) is 5.11. The maximum atomic E-state index is 13.0. The second kappa shape index (κ2) is 9.11. The van der Waals surface area contributed by atoms with Gasteiger partial charge in [-0.3, -0.25) is 9.69 Å². The number of ether oxygens (including phenoxy) is 2. The van der Waals surface area contributed by atoms with Crippen LogP contribution in [0.25, 0.3) is 0 Å². The molecule has 8 heteroatoms. The average molecular weight is 530 g/mol. The van der Waals surface area contributed by atoms with E-state index in [1.54, 1.807) is 45.0 Å². The van der Waals surface area contributed by atoms with Gasteiger partial charge in [-0.2, -0.15) is 0 Å². The number of nitrogens with one attached hydrogen (secondary N) is 1. The predicted octanol–water partition coefficient (Wildman–Crippen LogP) is 4.13. The summed E-state index contributed by atoms with van der Waals surface area (Å²) in [6.45, 7) is 12.8. The number of rotatable bonds is 5. The normalized spacial score (nSPS) is 19.7. The van der Waals surface area contributed by atoms with E-state index in [9.17, 15) is 14.4 Å². The van der Waals surface area contributed by atoms with Gasteiger partial charge in [-0.25, -0.2) is 9.59 Å². The first-order valence-corrected chi connectivity index (χ1v) is 11.1. The van der Waals surface area contributed by atoms with Gasteiger partial charge < -0.3 is 14.8 Å². The van der Waals surface area contributed by atoms with Crippen LogP contribution >= 0.6 is 22.6 Å². The number of amides is 2. The second-order valence-corrected chi connectivity index (χ2v) is 10.7. The van der Waals surface area contributed by atoms with Crippen molar-refractivity contribution in [3.63, 3.8) is 0 Å². The summed E-state index contributed by atoms with van der Waals surface area (Å²) in [6.07, 6.45) is -1.03. The minimum Gasteiger partial charge on any atom is -0.446 e. The number of halogens is 1. The molecule has 0 radical (unpaired) electrons. The van der Waals surface area contributed by atoms with E-state index in [0.717, 1.165) is 3.57 Å². The molecule has 30 heavy (non-hydrogen) atoms. The molecule has 1 aliphatic rings. The number of benzene rings is 1. The molecule has 1 fully saturated rings. The van der Waals surface area contributed by atoms with Crippen molar-refractivity contribution in [2.24, 2.45) is 0 Å². The Kier molecular flexibility index (Phi) is 7.42. The monoisotopic (exact) mass is 530 g/mol. The first-order chi connectivity index (χ1) is 13.7. The van der Waals surface area contributed by atoms with Crippen LogP contribution in [0.5, 0.6) is 0 Å². The smallest absolute Gasteiger partial charge is 0.411 e. The molecule has 1 heterocycles. The van der Waals surface area contributed by atoms with E-state index in [-0.39, 0.29) is 6.04 Å². The molecule has 1 aromatic rings. The molecule has 1 aliphatic heterocycles. The molecule has 0 aliphatic carbocycles. The van der Waals surface area contributed by atoms with Gasteiger partial charge in [0.25, 0.3) is 5.91 Å². The van der Waals surface area contributed by atoms with Crippen molar-refractivity contribution < 1.29 is 23.9 Å². The number of hydrogen-bond acceptors (Lipinski definition) is 5. The van der Waals surface area contributed by atoms with Crippen LogP contribution < -0.4 is 5.32 Å². The fourth-order valence-electron chi connectivity index (χ4n) is 3.15. The molecule has 7 nitrogen and oxygen atoms in total. The Balaban J connectivity index is 2.26. The van der Waals surface area contributed by atoms with Crippen LogP contribution in [-0.4, -0.2) is 52.2 Å². The summed E-state index contributed by atoms with van der Waals surface area (Å²) in [5, 5.41) is 2.86. The highest BCUT2D eigenvalue weighted by molar-refractivity contribution is 14.1. The third kappa shape index (κ3) is 6.58. The van der Waals surface area contributed by atoms with Crippen molar-refractivity contribution in [2.45, 2.75) is 84.2 Å². The highest BCUT2D eigenvalue weighted by Crippen LogP contribution is 2.37. The molecule has 2 rings (SSSR count). The van der Waals surface area contributed by atoms with E-state index < -0.39 is 41.3 Å². The molecule has 0 bridgehead atoms. The molecule has 0 saturated carbocycles. The fraction of sp³-hybridized carbons (Fsp3) is 0.591. The summed E-state index contributed by atoms with van der Waals surface area (Å²) in [5.41, 5.74) is -0.830. The Morgan fingerprint density at radius 2 is 1.67 bits per heavy atom. The number of esters is 1. The topological polar surface area (TPSA) is 84.7 Å². The summed E-state index contributed by atoms with van der Waals surface area (Å²) in [5.74, 6) is -1.04. The predicted molar refractivity (Wildman–Crippen MR) is 122 cm³/mol. The maximum absolute atomic E-state index is 13.0. The van der Waals surface area contributed by atoms with Crippen LogP contribution in [-0.2, 0) is 14.3 Å². The van der Waals surface area contributed by atoms with Gasteiger partial charge in [-0.15, -0.1) is 0 Å². The van der Waals surface area contributed by atoms with E-state index in [1.165, 1.54) is 4.90 Å². The van der Waals surface area contributed by atoms with Crippen molar-refractivity contribution in [3.05, 3.63) is 33.4 Å².